The molecule has 20 heavy (non-hydrogen) atoms. The minimum atomic E-state index is 0.346. The summed E-state index contributed by atoms with van der Waals surface area (Å²) in [4.78, 5) is 2.48. The lowest BCUT2D eigenvalue weighted by Crippen LogP contribution is -2.33. The van der Waals surface area contributed by atoms with Gasteiger partial charge in [0.1, 0.15) is 18.1 Å². The number of hydrogen-bond donors (Lipinski definition) is 1. The molecule has 0 spiro atoms. The molecule has 1 N–H and O–H groups in total. The second-order valence-corrected chi connectivity index (χ2v) is 6.04. The number of likely N-dealkylation sites (tertiary alicyclic amines) is 1. The molecule has 0 amide bonds. The maximum atomic E-state index is 9.83. The maximum absolute atomic E-state index is 9.83. The Labute approximate surface area is 121 Å². The first kappa shape index (κ1) is 13.7. The van der Waals surface area contributed by atoms with E-state index in [-0.39, 0.29) is 0 Å². The molecule has 1 aromatic carbocycles. The monoisotopic (exact) mass is 275 g/mol. The smallest absolute Gasteiger partial charge is 0.126 e. The van der Waals surface area contributed by atoms with E-state index < -0.39 is 0 Å². The molecule has 0 radical (unpaired) electrons. The van der Waals surface area contributed by atoms with Gasteiger partial charge in [0.2, 0.25) is 0 Å². The molecule has 3 rings (SSSR count). The van der Waals surface area contributed by atoms with Crippen LogP contribution in [0.2, 0.25) is 0 Å². The van der Waals surface area contributed by atoms with Crippen LogP contribution < -0.4 is 4.74 Å². The Bertz CT molecular complexity index is 453. The third-order valence-corrected chi connectivity index (χ3v) is 4.52. The number of ether oxygens (including phenoxy) is 1. The fourth-order valence-electron chi connectivity index (χ4n) is 3.41. The molecule has 110 valence electrons. The number of benzene rings is 1. The van der Waals surface area contributed by atoms with E-state index >= 15 is 0 Å². The van der Waals surface area contributed by atoms with Crippen LogP contribution in [0.4, 0.5) is 0 Å². The van der Waals surface area contributed by atoms with Gasteiger partial charge in [-0.2, -0.15) is 0 Å². The molecule has 0 aromatic heterocycles. The fraction of sp³-hybridized carbons (Fsp3) is 0.647. The van der Waals surface area contributed by atoms with Crippen molar-refractivity contribution in [2.75, 3.05) is 26.2 Å². The Morgan fingerprint density at radius 2 is 1.80 bits per heavy atom. The Kier molecular flexibility index (Phi) is 4.46. The summed E-state index contributed by atoms with van der Waals surface area (Å²) in [6.45, 7) is 4.16. The number of fused-ring (bicyclic) bond motifs is 1. The summed E-state index contributed by atoms with van der Waals surface area (Å²) < 4.78 is 5.99. The van der Waals surface area contributed by atoms with E-state index in [0.29, 0.717) is 5.75 Å². The minimum Gasteiger partial charge on any atom is -0.508 e. The third kappa shape index (κ3) is 3.26. The number of rotatable bonds is 4. The van der Waals surface area contributed by atoms with Crippen molar-refractivity contribution in [1.29, 1.82) is 0 Å². The van der Waals surface area contributed by atoms with Gasteiger partial charge in [0, 0.05) is 12.6 Å². The van der Waals surface area contributed by atoms with Crippen molar-refractivity contribution in [3.63, 3.8) is 0 Å². The summed E-state index contributed by atoms with van der Waals surface area (Å²) in [5.41, 5.74) is 2.61. The van der Waals surface area contributed by atoms with Crippen molar-refractivity contribution in [2.45, 2.75) is 44.9 Å². The zero-order chi connectivity index (χ0) is 13.8. The van der Waals surface area contributed by atoms with Crippen molar-refractivity contribution < 1.29 is 9.84 Å². The molecule has 3 heteroatoms. The summed E-state index contributed by atoms with van der Waals surface area (Å²) in [6, 6.07) is 3.70. The number of piperidine rings is 1. The second-order valence-electron chi connectivity index (χ2n) is 6.04. The Hall–Kier alpha value is -1.22. The molecular weight excluding hydrogens is 250 g/mol. The van der Waals surface area contributed by atoms with Gasteiger partial charge < -0.3 is 9.84 Å². The highest BCUT2D eigenvalue weighted by atomic mass is 16.5. The zero-order valence-corrected chi connectivity index (χ0v) is 12.2. The predicted octanol–water partition coefficient (Wildman–Crippen LogP) is 3.14. The molecule has 1 aromatic rings. The summed E-state index contributed by atoms with van der Waals surface area (Å²) in [7, 11) is 0. The van der Waals surface area contributed by atoms with Crippen LogP contribution in [0.1, 0.15) is 43.2 Å². The SMILES string of the molecule is Oc1cc2c(c(OCCN3CCCCC3)c1)CCCC2. The lowest BCUT2D eigenvalue weighted by molar-refractivity contribution is 0.182. The van der Waals surface area contributed by atoms with Gasteiger partial charge in [0.25, 0.3) is 0 Å². The number of phenolic OH excluding ortho intramolecular Hbond substituents is 1. The number of phenols is 1. The van der Waals surface area contributed by atoms with Gasteiger partial charge in [-0.1, -0.05) is 6.42 Å². The predicted molar refractivity (Wildman–Crippen MR) is 80.5 cm³/mol. The third-order valence-electron chi connectivity index (χ3n) is 4.52. The van der Waals surface area contributed by atoms with Crippen LogP contribution in [0.5, 0.6) is 11.5 Å². The summed E-state index contributed by atoms with van der Waals surface area (Å²) in [5.74, 6) is 1.26. The van der Waals surface area contributed by atoms with Gasteiger partial charge in [-0.05, 0) is 68.8 Å². The van der Waals surface area contributed by atoms with Gasteiger partial charge in [0.05, 0.1) is 0 Å². The number of aryl methyl sites for hydroxylation is 1. The van der Waals surface area contributed by atoms with E-state index in [1.807, 2.05) is 6.07 Å². The quantitative estimate of drug-likeness (QED) is 0.916. The Balaban J connectivity index is 1.60. The van der Waals surface area contributed by atoms with Crippen molar-refractivity contribution in [3.8, 4) is 11.5 Å². The summed E-state index contributed by atoms with van der Waals surface area (Å²) in [5, 5.41) is 9.83. The molecule has 0 atom stereocenters. The summed E-state index contributed by atoms with van der Waals surface area (Å²) >= 11 is 0. The van der Waals surface area contributed by atoms with Crippen molar-refractivity contribution in [1.82, 2.24) is 4.90 Å². The standard InChI is InChI=1S/C17H25NO2/c19-15-12-14-6-2-3-7-16(14)17(13-15)20-11-10-18-8-4-1-5-9-18/h12-13,19H,1-11H2. The molecule has 2 aliphatic rings. The van der Waals surface area contributed by atoms with Crippen LogP contribution in [0, 0.1) is 0 Å². The first-order valence-electron chi connectivity index (χ1n) is 8.03. The Morgan fingerprint density at radius 3 is 2.65 bits per heavy atom. The van der Waals surface area contributed by atoms with E-state index in [9.17, 15) is 5.11 Å². The molecule has 1 saturated heterocycles. The normalized spacial score (nSPS) is 19.6. The van der Waals surface area contributed by atoms with Gasteiger partial charge in [0.15, 0.2) is 0 Å². The second kappa shape index (κ2) is 6.49. The number of nitrogens with zero attached hydrogens (tertiary/aromatic N) is 1. The Morgan fingerprint density at radius 1 is 1.00 bits per heavy atom. The topological polar surface area (TPSA) is 32.7 Å². The van der Waals surface area contributed by atoms with Crippen LogP contribution in [-0.2, 0) is 12.8 Å². The molecule has 3 nitrogen and oxygen atoms in total. The highest BCUT2D eigenvalue weighted by Gasteiger charge is 2.16. The molecular formula is C17H25NO2. The lowest BCUT2D eigenvalue weighted by Gasteiger charge is -2.27. The van der Waals surface area contributed by atoms with E-state index in [0.717, 1.165) is 31.7 Å². The molecule has 1 aliphatic carbocycles. The average molecular weight is 275 g/mol. The largest absolute Gasteiger partial charge is 0.508 e. The van der Waals surface area contributed by atoms with Crippen molar-refractivity contribution in [2.24, 2.45) is 0 Å². The molecule has 0 bridgehead atoms. The number of aromatic hydroxyl groups is 1. The molecule has 1 aliphatic heterocycles. The van der Waals surface area contributed by atoms with Crippen LogP contribution >= 0.6 is 0 Å². The minimum absolute atomic E-state index is 0.346. The van der Waals surface area contributed by atoms with Crippen LogP contribution in [0.15, 0.2) is 12.1 Å². The average Bonchev–Trinajstić information content (AvgIpc) is 2.48. The van der Waals surface area contributed by atoms with Crippen LogP contribution in [0.25, 0.3) is 0 Å². The van der Waals surface area contributed by atoms with Crippen molar-refractivity contribution >= 4 is 0 Å². The molecule has 0 unspecified atom stereocenters. The van der Waals surface area contributed by atoms with Crippen LogP contribution in [0.3, 0.4) is 0 Å². The number of hydrogen-bond acceptors (Lipinski definition) is 3. The molecule has 1 fully saturated rings. The van der Waals surface area contributed by atoms with Gasteiger partial charge in [-0.25, -0.2) is 0 Å². The summed E-state index contributed by atoms with van der Waals surface area (Å²) in [6.07, 6.45) is 8.64. The maximum Gasteiger partial charge on any atom is 0.126 e. The van der Waals surface area contributed by atoms with Crippen molar-refractivity contribution in [3.05, 3.63) is 23.3 Å². The molecule has 1 heterocycles. The van der Waals surface area contributed by atoms with E-state index in [1.165, 1.54) is 56.3 Å². The fourth-order valence-corrected chi connectivity index (χ4v) is 3.41. The van der Waals surface area contributed by atoms with E-state index in [2.05, 4.69) is 4.90 Å². The van der Waals surface area contributed by atoms with E-state index in [4.69, 9.17) is 4.74 Å². The highest BCUT2D eigenvalue weighted by molar-refractivity contribution is 5.47. The first-order valence-corrected chi connectivity index (χ1v) is 8.03. The van der Waals surface area contributed by atoms with Gasteiger partial charge >= 0.3 is 0 Å². The van der Waals surface area contributed by atoms with E-state index in [1.54, 1.807) is 6.07 Å². The first-order chi connectivity index (χ1) is 9.83. The van der Waals surface area contributed by atoms with Gasteiger partial charge in [-0.15, -0.1) is 0 Å². The molecule has 0 saturated carbocycles. The van der Waals surface area contributed by atoms with Crippen LogP contribution in [-0.4, -0.2) is 36.2 Å². The lowest BCUT2D eigenvalue weighted by atomic mass is 9.91. The van der Waals surface area contributed by atoms with Gasteiger partial charge in [-0.3, -0.25) is 4.90 Å². The highest BCUT2D eigenvalue weighted by Crippen LogP contribution is 2.33. The zero-order valence-electron chi connectivity index (χ0n) is 12.2.